The molecule has 4 aromatic rings. The zero-order valence-corrected chi connectivity index (χ0v) is 17.8. The van der Waals surface area contributed by atoms with E-state index < -0.39 is 11.7 Å². The van der Waals surface area contributed by atoms with Gasteiger partial charge in [-0.3, -0.25) is 9.78 Å². The molecule has 1 N–H and O–H groups in total. The van der Waals surface area contributed by atoms with E-state index in [0.29, 0.717) is 30.5 Å². The first-order chi connectivity index (χ1) is 15.7. The summed E-state index contributed by atoms with van der Waals surface area (Å²) in [6.45, 7) is 1.26. The number of hydrogen-bond donors (Lipinski definition) is 1. The van der Waals surface area contributed by atoms with Crippen molar-refractivity contribution in [1.82, 2.24) is 9.97 Å². The Kier molecular flexibility index (Phi) is 5.70. The maximum absolute atomic E-state index is 14.7. The lowest BCUT2D eigenvalue weighted by atomic mass is 10.1. The first kappa shape index (κ1) is 20.4. The number of anilines is 2. The molecule has 1 saturated heterocycles. The molecule has 0 aliphatic carbocycles. The molecule has 2 aromatic heterocycles. The van der Waals surface area contributed by atoms with Gasteiger partial charge in [-0.1, -0.05) is 12.1 Å². The van der Waals surface area contributed by atoms with Crippen molar-refractivity contribution >= 4 is 40.3 Å². The highest BCUT2D eigenvalue weighted by Gasteiger charge is 2.17. The summed E-state index contributed by atoms with van der Waals surface area (Å²) in [6.07, 6.45) is 1.73. The molecule has 3 heterocycles. The second kappa shape index (κ2) is 8.94. The van der Waals surface area contributed by atoms with Gasteiger partial charge in [0.05, 0.1) is 41.1 Å². The van der Waals surface area contributed by atoms with Crippen molar-refractivity contribution in [3.63, 3.8) is 0 Å². The van der Waals surface area contributed by atoms with Crippen LogP contribution in [0.4, 0.5) is 15.8 Å². The average molecular weight is 447 g/mol. The van der Waals surface area contributed by atoms with Gasteiger partial charge in [-0.2, -0.15) is 0 Å². The van der Waals surface area contributed by atoms with E-state index in [2.05, 4.69) is 15.3 Å². The molecular weight excluding hydrogens is 427 g/mol. The molecule has 2 aromatic carbocycles. The summed E-state index contributed by atoms with van der Waals surface area (Å²) in [4.78, 5) is 21.7. The van der Waals surface area contributed by atoms with Crippen LogP contribution in [0.3, 0.4) is 0 Å². The van der Waals surface area contributed by atoms with Crippen LogP contribution in [0.1, 0.15) is 10.4 Å². The van der Waals surface area contributed by atoms with E-state index in [4.69, 9.17) is 4.74 Å². The van der Waals surface area contributed by atoms with Gasteiger partial charge in [0, 0.05) is 17.4 Å². The van der Waals surface area contributed by atoms with Crippen LogP contribution in [0.15, 0.2) is 72.9 Å². The maximum Gasteiger partial charge on any atom is 0.258 e. The summed E-state index contributed by atoms with van der Waals surface area (Å²) in [5.74, 6) is -0.536. The Hall–Kier alpha value is -3.49. The molecule has 0 bridgehead atoms. The van der Waals surface area contributed by atoms with Crippen molar-refractivity contribution in [2.45, 2.75) is 0 Å². The zero-order valence-electron chi connectivity index (χ0n) is 17.0. The number of fused-ring (bicyclic) bond motifs is 1. The Morgan fingerprint density at radius 2 is 2.00 bits per heavy atom. The smallest absolute Gasteiger partial charge is 0.258 e. The van der Waals surface area contributed by atoms with Crippen LogP contribution >= 0.6 is 11.9 Å². The van der Waals surface area contributed by atoms with Crippen LogP contribution in [0.25, 0.3) is 22.3 Å². The molecule has 1 fully saturated rings. The Morgan fingerprint density at radius 3 is 2.84 bits per heavy atom. The van der Waals surface area contributed by atoms with Crippen LogP contribution in [-0.4, -0.2) is 35.0 Å². The van der Waals surface area contributed by atoms with E-state index in [1.807, 2.05) is 46.8 Å². The standard InChI is InChI=1S/C24H19FN4O2S/c25-20-14-18(29-11-12-31-15-32-29)6-7-19(20)24(30)27-17-4-1-3-16(13-17)21-8-9-22-23(28-21)5-2-10-26-22/h1-10,13-14H,11-12,15H2,(H,27,30). The number of carbonyl (C=O) groups excluding carboxylic acids is 1. The lowest BCUT2D eigenvalue weighted by Gasteiger charge is -2.27. The Balaban J connectivity index is 1.35. The van der Waals surface area contributed by atoms with Gasteiger partial charge in [0.2, 0.25) is 0 Å². The number of pyridine rings is 2. The van der Waals surface area contributed by atoms with Crippen molar-refractivity contribution in [2.75, 3.05) is 28.7 Å². The van der Waals surface area contributed by atoms with Gasteiger partial charge in [0.15, 0.2) is 0 Å². The lowest BCUT2D eigenvalue weighted by molar-refractivity contribution is 0.102. The van der Waals surface area contributed by atoms with Gasteiger partial charge in [-0.15, -0.1) is 0 Å². The number of nitrogens with one attached hydrogen (secondary N) is 1. The lowest BCUT2D eigenvalue weighted by Crippen LogP contribution is -2.26. The number of nitrogens with zero attached hydrogens (tertiary/aromatic N) is 3. The molecule has 5 rings (SSSR count). The third-order valence-corrected chi connectivity index (χ3v) is 6.07. The Morgan fingerprint density at radius 1 is 1.06 bits per heavy atom. The third kappa shape index (κ3) is 4.28. The van der Waals surface area contributed by atoms with E-state index in [-0.39, 0.29) is 5.56 Å². The molecule has 8 heteroatoms. The quantitative estimate of drug-likeness (QED) is 0.439. The maximum atomic E-state index is 14.7. The minimum Gasteiger partial charge on any atom is -0.367 e. The molecule has 0 saturated carbocycles. The van der Waals surface area contributed by atoms with E-state index in [9.17, 15) is 9.18 Å². The summed E-state index contributed by atoms with van der Waals surface area (Å²) in [7, 11) is 0. The molecule has 0 atom stereocenters. The number of carbonyl (C=O) groups is 1. The highest BCUT2D eigenvalue weighted by Crippen LogP contribution is 2.28. The number of rotatable bonds is 4. The Bertz CT molecular complexity index is 1290. The molecule has 0 radical (unpaired) electrons. The summed E-state index contributed by atoms with van der Waals surface area (Å²) in [5, 5.41) is 2.79. The highest BCUT2D eigenvalue weighted by molar-refractivity contribution is 8.00. The normalized spacial score (nSPS) is 13.8. The minimum absolute atomic E-state index is 0.00711. The summed E-state index contributed by atoms with van der Waals surface area (Å²) >= 11 is 1.48. The summed E-state index contributed by atoms with van der Waals surface area (Å²) < 4.78 is 22.0. The SMILES string of the molecule is O=C(Nc1cccc(-c2ccc3ncccc3n2)c1)c1ccc(N2CCOCS2)cc1F. The molecule has 1 amide bonds. The molecule has 160 valence electrons. The van der Waals surface area contributed by atoms with E-state index in [1.54, 1.807) is 18.3 Å². The van der Waals surface area contributed by atoms with Crippen molar-refractivity contribution in [3.05, 3.63) is 84.3 Å². The van der Waals surface area contributed by atoms with E-state index in [0.717, 1.165) is 22.3 Å². The fourth-order valence-electron chi connectivity index (χ4n) is 3.49. The molecular formula is C24H19FN4O2S. The minimum atomic E-state index is -0.563. The molecule has 0 unspecified atom stereocenters. The van der Waals surface area contributed by atoms with E-state index >= 15 is 0 Å². The second-order valence-corrected chi connectivity index (χ2v) is 8.13. The summed E-state index contributed by atoms with van der Waals surface area (Å²) in [5.41, 5.74) is 4.48. The predicted octanol–water partition coefficient (Wildman–Crippen LogP) is 5.13. The molecule has 6 nitrogen and oxygen atoms in total. The fourth-order valence-corrected chi connectivity index (χ4v) is 4.28. The number of benzene rings is 2. The van der Waals surface area contributed by atoms with Crippen molar-refractivity contribution in [2.24, 2.45) is 0 Å². The summed E-state index contributed by atoms with van der Waals surface area (Å²) in [6, 6.07) is 19.5. The van der Waals surface area contributed by atoms with Gasteiger partial charge < -0.3 is 14.4 Å². The second-order valence-electron chi connectivity index (χ2n) is 7.19. The third-order valence-electron chi connectivity index (χ3n) is 5.09. The van der Waals surface area contributed by atoms with Crippen LogP contribution in [0, 0.1) is 5.82 Å². The van der Waals surface area contributed by atoms with Crippen molar-refractivity contribution in [3.8, 4) is 11.3 Å². The van der Waals surface area contributed by atoms with Crippen molar-refractivity contribution in [1.29, 1.82) is 0 Å². The van der Waals surface area contributed by atoms with Gasteiger partial charge in [0.25, 0.3) is 5.91 Å². The Labute approximate surface area is 188 Å². The number of halogens is 1. The number of hydrogen-bond acceptors (Lipinski definition) is 6. The van der Waals surface area contributed by atoms with E-state index in [1.165, 1.54) is 24.1 Å². The first-order valence-corrected chi connectivity index (χ1v) is 11.0. The van der Waals surface area contributed by atoms with Gasteiger partial charge in [0.1, 0.15) is 11.8 Å². The fraction of sp³-hybridized carbons (Fsp3) is 0.125. The van der Waals surface area contributed by atoms with Gasteiger partial charge >= 0.3 is 0 Å². The largest absolute Gasteiger partial charge is 0.367 e. The van der Waals surface area contributed by atoms with Crippen LogP contribution in [0.5, 0.6) is 0 Å². The highest BCUT2D eigenvalue weighted by atomic mass is 32.2. The predicted molar refractivity (Wildman–Crippen MR) is 125 cm³/mol. The molecule has 0 spiro atoms. The zero-order chi connectivity index (χ0) is 21.9. The first-order valence-electron chi connectivity index (χ1n) is 10.1. The number of aromatic nitrogens is 2. The number of ether oxygens (including phenoxy) is 1. The monoisotopic (exact) mass is 446 g/mol. The van der Waals surface area contributed by atoms with Gasteiger partial charge in [-0.05, 0) is 66.5 Å². The molecule has 1 aliphatic rings. The molecule has 32 heavy (non-hydrogen) atoms. The van der Waals surface area contributed by atoms with Crippen LogP contribution in [-0.2, 0) is 4.74 Å². The topological polar surface area (TPSA) is 67.4 Å². The number of amides is 1. The van der Waals surface area contributed by atoms with Crippen LogP contribution < -0.4 is 9.62 Å². The van der Waals surface area contributed by atoms with Gasteiger partial charge in [-0.25, -0.2) is 9.37 Å². The molecule has 1 aliphatic heterocycles. The van der Waals surface area contributed by atoms with Crippen LogP contribution in [0.2, 0.25) is 0 Å². The van der Waals surface area contributed by atoms with Crippen molar-refractivity contribution < 1.29 is 13.9 Å². The average Bonchev–Trinajstić information content (AvgIpc) is 2.84.